The molecule has 1 aromatic heterocycles. The summed E-state index contributed by atoms with van der Waals surface area (Å²) < 4.78 is 67.2. The van der Waals surface area contributed by atoms with E-state index in [1.165, 1.54) is 31.5 Å². The highest BCUT2D eigenvalue weighted by Gasteiger charge is 2.58. The van der Waals surface area contributed by atoms with E-state index < -0.39 is 52.7 Å². The zero-order chi connectivity index (χ0) is 26.5. The highest BCUT2D eigenvalue weighted by atomic mass is 35.5. The second kappa shape index (κ2) is 9.25. The topological polar surface area (TPSA) is 102 Å². The lowest BCUT2D eigenvalue weighted by atomic mass is 10.1. The molecule has 8 nitrogen and oxygen atoms in total. The van der Waals surface area contributed by atoms with E-state index in [2.05, 4.69) is 20.9 Å². The van der Waals surface area contributed by atoms with Gasteiger partial charge >= 0.3 is 6.03 Å². The molecule has 0 aliphatic heterocycles. The Bertz CT molecular complexity index is 1430. The number of nitrogens with zero attached hydrogens (tertiary/aromatic N) is 1. The summed E-state index contributed by atoms with van der Waals surface area (Å²) >= 11 is 6.03. The Labute approximate surface area is 212 Å². The van der Waals surface area contributed by atoms with Crippen LogP contribution in [0.1, 0.15) is 29.6 Å². The number of amides is 3. The predicted molar refractivity (Wildman–Crippen MR) is 126 cm³/mol. The van der Waals surface area contributed by atoms with Crippen molar-refractivity contribution < 1.29 is 36.6 Å². The van der Waals surface area contributed by atoms with Crippen molar-refractivity contribution in [2.24, 2.45) is 0 Å². The molecule has 2 saturated carbocycles. The molecule has 1 unspecified atom stereocenters. The van der Waals surface area contributed by atoms with E-state index in [9.17, 15) is 22.8 Å². The Kier molecular flexibility index (Phi) is 6.22. The van der Waals surface area contributed by atoms with Gasteiger partial charge < -0.3 is 25.4 Å². The van der Waals surface area contributed by atoms with Crippen LogP contribution in [0.2, 0.25) is 5.02 Å². The van der Waals surface area contributed by atoms with Crippen LogP contribution in [-0.4, -0.2) is 42.0 Å². The molecular weight excluding hydrogens is 520 g/mol. The quantitative estimate of drug-likeness (QED) is 0.277. The lowest BCUT2D eigenvalue weighted by Crippen LogP contribution is -2.30. The third-order valence-corrected chi connectivity index (χ3v) is 6.26. The number of fused-ring (bicyclic) bond motifs is 1. The third-order valence-electron chi connectivity index (χ3n) is 5.89. The van der Waals surface area contributed by atoms with E-state index in [-0.39, 0.29) is 39.7 Å². The first-order valence-corrected chi connectivity index (χ1v) is 11.5. The van der Waals surface area contributed by atoms with E-state index in [0.717, 1.165) is 18.9 Å². The normalized spacial score (nSPS) is 17.7. The number of carbonyl (C=O) groups is 2. The number of nitrogens with one attached hydrogen (secondary N) is 3. The molecule has 3 amide bonds. The summed E-state index contributed by atoms with van der Waals surface area (Å²) in [6, 6.07) is 2.81. The van der Waals surface area contributed by atoms with Gasteiger partial charge in [0.1, 0.15) is 16.5 Å². The van der Waals surface area contributed by atoms with Crippen molar-refractivity contribution in [1.29, 1.82) is 0 Å². The van der Waals surface area contributed by atoms with Gasteiger partial charge in [0.15, 0.2) is 17.4 Å². The average Bonchev–Trinajstić information content (AvgIpc) is 3.77. The molecular formula is C24H19ClF4N4O4. The fourth-order valence-electron chi connectivity index (χ4n) is 3.63. The number of ether oxygens (including phenoxy) is 2. The van der Waals surface area contributed by atoms with Crippen LogP contribution in [0.25, 0.3) is 10.9 Å². The summed E-state index contributed by atoms with van der Waals surface area (Å²) in [5, 5.41) is 6.71. The van der Waals surface area contributed by atoms with Crippen LogP contribution >= 0.6 is 11.6 Å². The van der Waals surface area contributed by atoms with E-state index >= 15 is 4.39 Å². The maximum atomic E-state index is 15.0. The monoisotopic (exact) mass is 538 g/mol. The number of hydrogen-bond acceptors (Lipinski definition) is 5. The summed E-state index contributed by atoms with van der Waals surface area (Å²) in [4.78, 5) is 28.8. The number of benzene rings is 2. The van der Waals surface area contributed by atoms with Crippen molar-refractivity contribution in [1.82, 2.24) is 15.6 Å². The van der Waals surface area contributed by atoms with Gasteiger partial charge in [-0.1, -0.05) is 11.6 Å². The number of halogens is 5. The highest BCUT2D eigenvalue weighted by Crippen LogP contribution is 2.43. The maximum absolute atomic E-state index is 15.0. The Morgan fingerprint density at radius 3 is 2.51 bits per heavy atom. The fourth-order valence-corrected chi connectivity index (χ4v) is 3.82. The summed E-state index contributed by atoms with van der Waals surface area (Å²) in [6.45, 7) is 0. The molecule has 1 heterocycles. The zero-order valence-electron chi connectivity index (χ0n) is 19.1. The lowest BCUT2D eigenvalue weighted by Gasteiger charge is -2.15. The number of pyridine rings is 1. The van der Waals surface area contributed by atoms with Gasteiger partial charge in [-0.05, 0) is 25.0 Å². The molecule has 0 saturated heterocycles. The van der Waals surface area contributed by atoms with Crippen LogP contribution in [-0.2, 0) is 0 Å². The van der Waals surface area contributed by atoms with E-state index in [1.807, 2.05) is 0 Å². The Hall–Kier alpha value is -3.80. The van der Waals surface area contributed by atoms with Gasteiger partial charge in [0, 0.05) is 36.2 Å². The van der Waals surface area contributed by atoms with Crippen LogP contribution in [0, 0.1) is 11.6 Å². The van der Waals surface area contributed by atoms with Crippen LogP contribution in [0.4, 0.5) is 28.0 Å². The second-order valence-electron chi connectivity index (χ2n) is 8.71. The first-order valence-electron chi connectivity index (χ1n) is 11.2. The SMILES string of the molecule is COc1cc2nccc(Oc3c(F)cc(NC(=O)NC4CC4)c(Cl)c3F)c2cc1C(=O)NC1CC1(F)F. The largest absolute Gasteiger partial charge is 0.496 e. The van der Waals surface area contributed by atoms with Crippen LogP contribution in [0.15, 0.2) is 30.5 Å². The Morgan fingerprint density at radius 2 is 1.86 bits per heavy atom. The number of methoxy groups -OCH3 is 1. The van der Waals surface area contributed by atoms with Gasteiger partial charge in [0.25, 0.3) is 11.8 Å². The number of rotatable bonds is 7. The summed E-state index contributed by atoms with van der Waals surface area (Å²) in [5.41, 5.74) is -0.150. The minimum Gasteiger partial charge on any atom is -0.496 e. The van der Waals surface area contributed by atoms with Crippen molar-refractivity contribution in [2.45, 2.75) is 37.3 Å². The number of anilines is 1. The lowest BCUT2D eigenvalue weighted by molar-refractivity contribution is 0.0847. The van der Waals surface area contributed by atoms with Crippen molar-refractivity contribution >= 4 is 40.1 Å². The first kappa shape index (κ1) is 24.9. The van der Waals surface area contributed by atoms with Crippen molar-refractivity contribution in [3.05, 3.63) is 52.7 Å². The van der Waals surface area contributed by atoms with E-state index in [1.54, 1.807) is 0 Å². The van der Waals surface area contributed by atoms with Gasteiger partial charge in [-0.2, -0.15) is 0 Å². The molecule has 37 heavy (non-hydrogen) atoms. The number of urea groups is 1. The summed E-state index contributed by atoms with van der Waals surface area (Å²) in [7, 11) is 1.29. The molecule has 3 aromatic rings. The number of aromatic nitrogens is 1. The highest BCUT2D eigenvalue weighted by molar-refractivity contribution is 6.34. The smallest absolute Gasteiger partial charge is 0.319 e. The molecule has 5 rings (SSSR count). The van der Waals surface area contributed by atoms with E-state index in [0.29, 0.717) is 0 Å². The third kappa shape index (κ3) is 5.06. The minimum absolute atomic E-state index is 0.0161. The Morgan fingerprint density at radius 1 is 1.14 bits per heavy atom. The van der Waals surface area contributed by atoms with Gasteiger partial charge in [-0.3, -0.25) is 9.78 Å². The molecule has 2 fully saturated rings. The Balaban J connectivity index is 1.46. The van der Waals surface area contributed by atoms with E-state index in [4.69, 9.17) is 21.1 Å². The average molecular weight is 539 g/mol. The number of carbonyl (C=O) groups excluding carboxylic acids is 2. The van der Waals surface area contributed by atoms with Crippen LogP contribution in [0.5, 0.6) is 17.2 Å². The van der Waals surface area contributed by atoms with Crippen molar-refractivity contribution in [3.63, 3.8) is 0 Å². The molecule has 0 bridgehead atoms. The van der Waals surface area contributed by atoms with Gasteiger partial charge in [-0.15, -0.1) is 0 Å². The van der Waals surface area contributed by atoms with Crippen molar-refractivity contribution in [3.8, 4) is 17.2 Å². The fraction of sp³-hybridized carbons (Fsp3) is 0.292. The van der Waals surface area contributed by atoms with Crippen LogP contribution < -0.4 is 25.4 Å². The van der Waals surface area contributed by atoms with Crippen molar-refractivity contribution in [2.75, 3.05) is 12.4 Å². The zero-order valence-corrected chi connectivity index (χ0v) is 19.9. The molecule has 13 heteroatoms. The predicted octanol–water partition coefficient (Wildman–Crippen LogP) is 5.39. The summed E-state index contributed by atoms with van der Waals surface area (Å²) in [5.74, 6) is -7.13. The molecule has 2 aliphatic carbocycles. The molecule has 0 radical (unpaired) electrons. The van der Waals surface area contributed by atoms with Gasteiger partial charge in [-0.25, -0.2) is 22.4 Å². The molecule has 0 spiro atoms. The standard InChI is InChI=1S/C24H19ClF4N4O4/c1-36-17-8-14-11(6-12(17)22(34)33-18-9-24(18,28)29)16(4-5-30-14)37-21-13(26)7-15(19(25)20(21)27)32-23(35)31-10-2-3-10/h4-8,10,18H,2-3,9H2,1H3,(H,33,34)(H2,31,32,35). The maximum Gasteiger partial charge on any atom is 0.319 e. The first-order chi connectivity index (χ1) is 17.6. The van der Waals surface area contributed by atoms with Crippen LogP contribution in [0.3, 0.4) is 0 Å². The van der Waals surface area contributed by atoms with Gasteiger partial charge in [0.05, 0.1) is 29.9 Å². The van der Waals surface area contributed by atoms with Gasteiger partial charge in [0.2, 0.25) is 0 Å². The second-order valence-corrected chi connectivity index (χ2v) is 9.09. The number of alkyl halides is 2. The number of hydrogen-bond donors (Lipinski definition) is 3. The molecule has 1 atom stereocenters. The molecule has 194 valence electrons. The minimum atomic E-state index is -2.98. The molecule has 3 N–H and O–H groups in total. The summed E-state index contributed by atoms with van der Waals surface area (Å²) in [6.07, 6.45) is 2.46. The molecule has 2 aromatic carbocycles. The molecule has 2 aliphatic rings.